The Kier molecular flexibility index (Phi) is 8.41. The summed E-state index contributed by atoms with van der Waals surface area (Å²) in [6.45, 7) is 9.43. The molecule has 38 heavy (non-hydrogen) atoms. The molecule has 0 bridgehead atoms. The van der Waals surface area contributed by atoms with Gasteiger partial charge in [-0.1, -0.05) is 54.2 Å². The molecule has 4 aromatic rings. The van der Waals surface area contributed by atoms with Crippen LogP contribution in [0.2, 0.25) is 0 Å². The van der Waals surface area contributed by atoms with Crippen molar-refractivity contribution in [1.29, 1.82) is 0 Å². The predicted molar refractivity (Wildman–Crippen MR) is 151 cm³/mol. The number of rotatable bonds is 9. The average Bonchev–Trinajstić information content (AvgIpc) is 3.47. The highest BCUT2D eigenvalue weighted by molar-refractivity contribution is 7.98. The standard InChI is InChI=1S/C30H33N5O2S/c1-22-23(2)32-30(33-28(22)35-15-13-34(14-16-35)20-24-8-4-3-5-9-24)38-21-25-10-6-11-26(18-25)29(36)31-19-27-12-7-17-37-27/h3-12,17-18H,13-16,19-21H2,1-2H3,(H,31,36). The first-order chi connectivity index (χ1) is 18.5. The van der Waals surface area contributed by atoms with E-state index < -0.39 is 0 Å². The van der Waals surface area contributed by atoms with Gasteiger partial charge in [0.25, 0.3) is 5.91 Å². The summed E-state index contributed by atoms with van der Waals surface area (Å²) in [6.07, 6.45) is 1.60. The van der Waals surface area contributed by atoms with Crippen molar-refractivity contribution in [3.8, 4) is 0 Å². The van der Waals surface area contributed by atoms with Crippen molar-refractivity contribution in [1.82, 2.24) is 20.2 Å². The number of hydrogen-bond acceptors (Lipinski definition) is 7. The predicted octanol–water partition coefficient (Wildman–Crippen LogP) is 5.23. The number of hydrogen-bond donors (Lipinski definition) is 1. The van der Waals surface area contributed by atoms with E-state index in [9.17, 15) is 4.79 Å². The van der Waals surface area contributed by atoms with Crippen LogP contribution >= 0.6 is 11.8 Å². The highest BCUT2D eigenvalue weighted by Crippen LogP contribution is 2.27. The lowest BCUT2D eigenvalue weighted by Crippen LogP contribution is -2.46. The van der Waals surface area contributed by atoms with E-state index in [1.807, 2.05) is 36.4 Å². The van der Waals surface area contributed by atoms with Crippen molar-refractivity contribution in [2.24, 2.45) is 0 Å². The minimum Gasteiger partial charge on any atom is -0.467 e. The lowest BCUT2D eigenvalue weighted by Gasteiger charge is -2.36. The number of furan rings is 1. The lowest BCUT2D eigenvalue weighted by atomic mass is 10.1. The van der Waals surface area contributed by atoms with Crippen LogP contribution in [0.5, 0.6) is 0 Å². The number of thioether (sulfide) groups is 1. The highest BCUT2D eigenvalue weighted by Gasteiger charge is 2.21. The quantitative estimate of drug-likeness (QED) is 0.236. The van der Waals surface area contributed by atoms with Gasteiger partial charge in [0, 0.05) is 55.3 Å². The van der Waals surface area contributed by atoms with E-state index in [4.69, 9.17) is 14.4 Å². The first kappa shape index (κ1) is 26.0. The maximum absolute atomic E-state index is 12.6. The molecule has 3 heterocycles. The molecule has 1 aliphatic heterocycles. The minimum atomic E-state index is -0.121. The van der Waals surface area contributed by atoms with Crippen molar-refractivity contribution in [2.45, 2.75) is 37.8 Å². The summed E-state index contributed by atoms with van der Waals surface area (Å²) in [5.74, 6) is 2.33. The third kappa shape index (κ3) is 6.62. The van der Waals surface area contributed by atoms with Crippen LogP contribution in [0.4, 0.5) is 5.82 Å². The Hall–Kier alpha value is -3.62. The number of benzene rings is 2. The fraction of sp³-hybridized carbons (Fsp3) is 0.300. The van der Waals surface area contributed by atoms with Gasteiger partial charge in [0.15, 0.2) is 5.16 Å². The van der Waals surface area contributed by atoms with Gasteiger partial charge in [-0.25, -0.2) is 9.97 Å². The summed E-state index contributed by atoms with van der Waals surface area (Å²) in [5, 5.41) is 3.67. The third-order valence-corrected chi connectivity index (χ3v) is 7.74. The fourth-order valence-electron chi connectivity index (χ4n) is 4.55. The molecule has 8 heteroatoms. The zero-order chi connectivity index (χ0) is 26.3. The molecule has 0 spiro atoms. The van der Waals surface area contributed by atoms with E-state index in [1.165, 1.54) is 5.56 Å². The molecule has 1 aliphatic rings. The van der Waals surface area contributed by atoms with Crippen LogP contribution in [-0.4, -0.2) is 47.0 Å². The summed E-state index contributed by atoms with van der Waals surface area (Å²) in [4.78, 5) is 27.2. The van der Waals surface area contributed by atoms with Gasteiger partial charge in [0.05, 0.1) is 12.8 Å². The third-order valence-electron chi connectivity index (χ3n) is 6.82. The Labute approximate surface area is 228 Å². The zero-order valence-electron chi connectivity index (χ0n) is 21.9. The van der Waals surface area contributed by atoms with Crippen LogP contribution in [-0.2, 0) is 18.8 Å². The molecule has 196 valence electrons. The first-order valence-electron chi connectivity index (χ1n) is 12.9. The van der Waals surface area contributed by atoms with E-state index in [0.717, 1.165) is 66.3 Å². The van der Waals surface area contributed by atoms with E-state index in [1.54, 1.807) is 18.0 Å². The number of amides is 1. The molecule has 1 N–H and O–H groups in total. The SMILES string of the molecule is Cc1nc(SCc2cccc(C(=O)NCc3ccco3)c2)nc(N2CCN(Cc3ccccc3)CC2)c1C. The molecule has 1 saturated heterocycles. The highest BCUT2D eigenvalue weighted by atomic mass is 32.2. The number of carbonyl (C=O) groups excluding carboxylic acids is 1. The Morgan fingerprint density at radius 2 is 1.74 bits per heavy atom. The number of carbonyl (C=O) groups is 1. The van der Waals surface area contributed by atoms with Gasteiger partial charge in [-0.2, -0.15) is 0 Å². The topological polar surface area (TPSA) is 74.5 Å². The van der Waals surface area contributed by atoms with E-state index in [2.05, 4.69) is 59.3 Å². The molecule has 0 unspecified atom stereocenters. The molecule has 2 aromatic heterocycles. The monoisotopic (exact) mass is 527 g/mol. The van der Waals surface area contributed by atoms with Crippen LogP contribution in [0, 0.1) is 13.8 Å². The van der Waals surface area contributed by atoms with Gasteiger partial charge >= 0.3 is 0 Å². The zero-order valence-corrected chi connectivity index (χ0v) is 22.7. The molecule has 7 nitrogen and oxygen atoms in total. The Morgan fingerprint density at radius 1 is 0.947 bits per heavy atom. The first-order valence-corrected chi connectivity index (χ1v) is 13.9. The molecule has 1 fully saturated rings. The fourth-order valence-corrected chi connectivity index (χ4v) is 5.38. The van der Waals surface area contributed by atoms with E-state index in [-0.39, 0.29) is 5.91 Å². The summed E-state index contributed by atoms with van der Waals surface area (Å²) in [6, 6.07) is 22.0. The molecule has 0 atom stereocenters. The largest absolute Gasteiger partial charge is 0.467 e. The molecule has 0 radical (unpaired) electrons. The van der Waals surface area contributed by atoms with Gasteiger partial charge in [-0.3, -0.25) is 9.69 Å². The normalized spacial score (nSPS) is 14.0. The summed E-state index contributed by atoms with van der Waals surface area (Å²) < 4.78 is 5.29. The van der Waals surface area contributed by atoms with Crippen LogP contribution in [0.25, 0.3) is 0 Å². The number of nitrogens with one attached hydrogen (secondary N) is 1. The lowest BCUT2D eigenvalue weighted by molar-refractivity contribution is 0.0948. The van der Waals surface area contributed by atoms with Gasteiger partial charge in [-0.15, -0.1) is 0 Å². The van der Waals surface area contributed by atoms with Gasteiger partial charge < -0.3 is 14.6 Å². The molecule has 2 aromatic carbocycles. The van der Waals surface area contributed by atoms with E-state index >= 15 is 0 Å². The molecule has 0 aliphatic carbocycles. The van der Waals surface area contributed by atoms with Crippen molar-refractivity contribution in [3.63, 3.8) is 0 Å². The second-order valence-electron chi connectivity index (χ2n) is 9.54. The maximum Gasteiger partial charge on any atom is 0.251 e. The number of piperazine rings is 1. The second-order valence-corrected chi connectivity index (χ2v) is 10.5. The maximum atomic E-state index is 12.6. The minimum absolute atomic E-state index is 0.121. The molecule has 5 rings (SSSR count). The summed E-state index contributed by atoms with van der Waals surface area (Å²) >= 11 is 1.60. The summed E-state index contributed by atoms with van der Waals surface area (Å²) in [5.41, 5.74) is 5.19. The van der Waals surface area contributed by atoms with Crippen molar-refractivity contribution < 1.29 is 9.21 Å². The number of nitrogens with zero attached hydrogens (tertiary/aromatic N) is 4. The van der Waals surface area contributed by atoms with Crippen LogP contribution < -0.4 is 10.2 Å². The molecule has 0 saturated carbocycles. The second kappa shape index (κ2) is 12.3. The van der Waals surface area contributed by atoms with Crippen LogP contribution in [0.3, 0.4) is 0 Å². The van der Waals surface area contributed by atoms with Gasteiger partial charge in [0.1, 0.15) is 11.6 Å². The molecular weight excluding hydrogens is 494 g/mol. The Balaban J connectivity index is 1.19. The van der Waals surface area contributed by atoms with Crippen molar-refractivity contribution in [3.05, 3.63) is 107 Å². The van der Waals surface area contributed by atoms with E-state index in [0.29, 0.717) is 17.9 Å². The smallest absolute Gasteiger partial charge is 0.251 e. The number of aromatic nitrogens is 2. The Morgan fingerprint density at radius 3 is 2.50 bits per heavy atom. The summed E-state index contributed by atoms with van der Waals surface area (Å²) in [7, 11) is 0. The Bertz CT molecular complexity index is 1350. The van der Waals surface area contributed by atoms with Crippen molar-refractivity contribution in [2.75, 3.05) is 31.1 Å². The molecular formula is C30H33N5O2S. The van der Waals surface area contributed by atoms with Crippen LogP contribution in [0.1, 0.15) is 38.5 Å². The number of anilines is 1. The average molecular weight is 528 g/mol. The number of aryl methyl sites for hydroxylation is 1. The van der Waals surface area contributed by atoms with Gasteiger partial charge in [-0.05, 0) is 49.2 Å². The van der Waals surface area contributed by atoms with Crippen molar-refractivity contribution >= 4 is 23.5 Å². The van der Waals surface area contributed by atoms with Crippen LogP contribution in [0.15, 0.2) is 82.6 Å². The molecule has 1 amide bonds. The van der Waals surface area contributed by atoms with Gasteiger partial charge in [0.2, 0.25) is 0 Å².